The molecule has 13 nitrogen and oxygen atoms in total. The molecule has 0 unspecified atom stereocenters. The molecule has 3 heterocycles. The van der Waals surface area contributed by atoms with E-state index in [1.165, 1.54) is 0 Å². The molecular weight excluding hydrogens is 684 g/mol. The fraction of sp³-hybridized carbons (Fsp3) is 0.605. The van der Waals surface area contributed by atoms with Gasteiger partial charge in [-0.15, -0.1) is 12.4 Å². The van der Waals surface area contributed by atoms with Gasteiger partial charge in [-0.05, 0) is 108 Å². The largest absolute Gasteiger partial charge is 0.382 e. The van der Waals surface area contributed by atoms with Crippen molar-refractivity contribution in [1.29, 1.82) is 0 Å². The molecule has 2 aliphatic rings. The summed E-state index contributed by atoms with van der Waals surface area (Å²) in [7, 11) is 0. The van der Waals surface area contributed by atoms with Crippen molar-refractivity contribution in [3.05, 3.63) is 48.4 Å². The highest BCUT2D eigenvalue weighted by Crippen LogP contribution is 2.28. The molecule has 286 valence electrons. The van der Waals surface area contributed by atoms with Crippen LogP contribution in [0.2, 0.25) is 0 Å². The van der Waals surface area contributed by atoms with Crippen molar-refractivity contribution in [1.82, 2.24) is 25.6 Å². The summed E-state index contributed by atoms with van der Waals surface area (Å²) in [5, 5.41) is 14.0. The minimum absolute atomic E-state index is 0. The van der Waals surface area contributed by atoms with E-state index in [-0.39, 0.29) is 36.2 Å². The number of nitrogens with one attached hydrogen (secondary N) is 4. The van der Waals surface area contributed by atoms with Gasteiger partial charge in [-0.2, -0.15) is 0 Å². The fourth-order valence-corrected chi connectivity index (χ4v) is 6.11. The van der Waals surface area contributed by atoms with Crippen molar-refractivity contribution in [2.45, 2.75) is 89.1 Å². The first-order valence-corrected chi connectivity index (χ1v) is 18.9. The zero-order chi connectivity index (χ0) is 35.5. The van der Waals surface area contributed by atoms with E-state index in [4.69, 9.17) is 19.9 Å². The summed E-state index contributed by atoms with van der Waals surface area (Å²) in [6.45, 7) is 5.22. The van der Waals surface area contributed by atoms with Crippen LogP contribution in [0.3, 0.4) is 0 Å². The van der Waals surface area contributed by atoms with Crippen LogP contribution in [-0.4, -0.2) is 91.6 Å². The summed E-state index contributed by atoms with van der Waals surface area (Å²) in [5.74, 6) is 1.07. The van der Waals surface area contributed by atoms with Crippen molar-refractivity contribution in [3.8, 4) is 0 Å². The summed E-state index contributed by atoms with van der Waals surface area (Å²) in [4.78, 5) is 39.7. The van der Waals surface area contributed by atoms with E-state index in [1.54, 1.807) is 12.4 Å². The molecule has 0 bridgehead atoms. The number of pyridine rings is 3. The number of fused-ring (bicyclic) bond motifs is 1. The van der Waals surface area contributed by atoms with Crippen LogP contribution in [0.5, 0.6) is 0 Å². The molecule has 2 saturated carbocycles. The molecule has 2 aliphatic carbocycles. The Bertz CT molecular complexity index is 1510. The number of unbranched alkanes of at least 4 members (excludes halogenated alkanes) is 4. The lowest BCUT2D eigenvalue weighted by Crippen LogP contribution is -2.41. The normalized spacial score (nSPS) is 16.9. The number of anilines is 3. The number of hydrogen-bond acceptors (Lipinski definition) is 11. The Kier molecular flexibility index (Phi) is 18.3. The van der Waals surface area contributed by atoms with Crippen molar-refractivity contribution in [3.63, 3.8) is 0 Å². The first kappa shape index (κ1) is 41.1. The molecule has 0 saturated heterocycles. The molecule has 5 rings (SSSR count). The van der Waals surface area contributed by atoms with Gasteiger partial charge in [0.25, 0.3) is 5.91 Å². The Morgan fingerprint density at radius 3 is 2.15 bits per heavy atom. The zero-order valence-corrected chi connectivity index (χ0v) is 31.1. The van der Waals surface area contributed by atoms with E-state index >= 15 is 0 Å². The van der Waals surface area contributed by atoms with Crippen molar-refractivity contribution in [2.24, 2.45) is 11.7 Å². The van der Waals surface area contributed by atoms with Gasteiger partial charge >= 0.3 is 0 Å². The van der Waals surface area contributed by atoms with Gasteiger partial charge in [0.05, 0.1) is 31.9 Å². The minimum Gasteiger partial charge on any atom is -0.382 e. The number of ether oxygens (including phenoxy) is 3. The lowest BCUT2D eigenvalue weighted by molar-refractivity contribution is -0.126. The van der Waals surface area contributed by atoms with Crippen LogP contribution in [0.25, 0.3) is 10.9 Å². The molecule has 52 heavy (non-hydrogen) atoms. The molecule has 0 aromatic carbocycles. The van der Waals surface area contributed by atoms with Crippen molar-refractivity contribution < 1.29 is 23.8 Å². The summed E-state index contributed by atoms with van der Waals surface area (Å²) in [5.41, 5.74) is 7.51. The zero-order valence-electron chi connectivity index (χ0n) is 30.3. The number of carbonyl (C=O) groups is 2. The first-order valence-electron chi connectivity index (χ1n) is 18.9. The molecule has 0 radical (unpaired) electrons. The monoisotopic (exact) mass is 740 g/mol. The smallest absolute Gasteiger partial charge is 0.270 e. The third-order valence-corrected chi connectivity index (χ3v) is 9.19. The average molecular weight is 741 g/mol. The van der Waals surface area contributed by atoms with Gasteiger partial charge in [-0.25, -0.2) is 9.97 Å². The Balaban J connectivity index is 0.00000605. The van der Waals surface area contributed by atoms with Gasteiger partial charge in [-0.1, -0.05) is 0 Å². The number of rotatable bonds is 24. The van der Waals surface area contributed by atoms with Crippen molar-refractivity contribution in [2.75, 3.05) is 63.4 Å². The third-order valence-electron chi connectivity index (χ3n) is 9.19. The van der Waals surface area contributed by atoms with Gasteiger partial charge < -0.3 is 41.2 Å². The molecular formula is C38H57ClN8O5. The molecule has 6 N–H and O–H groups in total. The van der Waals surface area contributed by atoms with E-state index in [0.717, 1.165) is 107 Å². The number of nitrogens with zero attached hydrogens (tertiary/aromatic N) is 3. The minimum atomic E-state index is -0.214. The highest BCUT2D eigenvalue weighted by Gasteiger charge is 2.28. The van der Waals surface area contributed by atoms with Gasteiger partial charge in [0.15, 0.2) is 0 Å². The predicted molar refractivity (Wildman–Crippen MR) is 206 cm³/mol. The highest BCUT2D eigenvalue weighted by atomic mass is 35.5. The lowest BCUT2D eigenvalue weighted by Gasteiger charge is -2.28. The number of carbonyl (C=O) groups excluding carboxylic acids is 2. The van der Waals surface area contributed by atoms with Crippen LogP contribution in [0, 0.1) is 5.92 Å². The van der Waals surface area contributed by atoms with E-state index in [0.29, 0.717) is 63.0 Å². The lowest BCUT2D eigenvalue weighted by atomic mass is 9.85. The maximum absolute atomic E-state index is 13.4. The van der Waals surface area contributed by atoms with E-state index in [2.05, 4.69) is 36.2 Å². The molecule has 3 aromatic rings. The summed E-state index contributed by atoms with van der Waals surface area (Å²) < 4.78 is 16.7. The number of hydrogen-bond donors (Lipinski definition) is 5. The fourth-order valence-electron chi connectivity index (χ4n) is 6.11. The maximum Gasteiger partial charge on any atom is 0.270 e. The molecule has 2 amide bonds. The Morgan fingerprint density at radius 1 is 0.750 bits per heavy atom. The van der Waals surface area contributed by atoms with Crippen LogP contribution < -0.4 is 27.0 Å². The van der Waals surface area contributed by atoms with E-state index in [1.807, 2.05) is 30.3 Å². The second-order valence-electron chi connectivity index (χ2n) is 13.5. The van der Waals surface area contributed by atoms with Crippen molar-refractivity contribution >= 4 is 52.4 Å². The number of amides is 2. The van der Waals surface area contributed by atoms with Crippen LogP contribution >= 0.6 is 12.4 Å². The molecule has 0 atom stereocenters. The maximum atomic E-state index is 13.4. The Hall–Kier alpha value is -3.62. The van der Waals surface area contributed by atoms with Crippen LogP contribution in [-0.2, 0) is 19.0 Å². The second-order valence-corrected chi connectivity index (χ2v) is 13.5. The molecule has 2 fully saturated rings. The van der Waals surface area contributed by atoms with E-state index in [9.17, 15) is 9.59 Å². The van der Waals surface area contributed by atoms with Gasteiger partial charge in [0, 0.05) is 67.3 Å². The molecule has 14 heteroatoms. The number of nitrogens with two attached hydrogens (primary N) is 1. The first-order chi connectivity index (χ1) is 25.1. The predicted octanol–water partition coefficient (Wildman–Crippen LogP) is 5.52. The second kappa shape index (κ2) is 23.1. The van der Waals surface area contributed by atoms with Gasteiger partial charge in [-0.3, -0.25) is 14.6 Å². The third kappa shape index (κ3) is 14.8. The van der Waals surface area contributed by atoms with Gasteiger partial charge in [0.1, 0.15) is 17.3 Å². The van der Waals surface area contributed by atoms with Gasteiger partial charge in [0.2, 0.25) is 5.91 Å². The number of halogens is 1. The summed E-state index contributed by atoms with van der Waals surface area (Å²) >= 11 is 0. The Labute approximate surface area is 313 Å². The average Bonchev–Trinajstić information content (AvgIpc) is 3.97. The summed E-state index contributed by atoms with van der Waals surface area (Å²) in [6.07, 6.45) is 14.8. The van der Waals surface area contributed by atoms with Crippen LogP contribution in [0.4, 0.5) is 17.3 Å². The Morgan fingerprint density at radius 2 is 1.44 bits per heavy atom. The molecule has 3 aromatic heterocycles. The molecule has 0 spiro atoms. The van der Waals surface area contributed by atoms with Crippen LogP contribution in [0.15, 0.2) is 42.7 Å². The van der Waals surface area contributed by atoms with Crippen LogP contribution in [0.1, 0.15) is 87.5 Å². The summed E-state index contributed by atoms with van der Waals surface area (Å²) in [6, 6.07) is 9.84. The molecule has 0 aliphatic heterocycles. The topological polar surface area (TPSA) is 175 Å². The highest BCUT2D eigenvalue weighted by molar-refractivity contribution is 5.94. The number of aromatic nitrogens is 3. The quantitative estimate of drug-likeness (QED) is 0.0732. The standard InChI is InChI=1S/C38H56N8O5.ClH/c39-16-3-1-5-19-49-21-23-51-24-22-50-20-6-2-4-17-41-37(47)28-7-10-31(11-8-28)43-38(48)34-25-32(42-30-12-13-30)26-36(45-34)46-35-14-9-29-27-40-18-15-33(29)44-35;/h9,14-15,18,25-28,30-31H,1-8,10-13,16-17,19-24,39H2,(H,41,47)(H,43,48)(H2,42,44,45,46);1H. The van der Waals surface area contributed by atoms with E-state index < -0.39 is 0 Å². The SMILES string of the molecule is Cl.NCCCCCOCCOCCOCCCCCNC(=O)C1CCC(NC(=O)c2cc(NC3CC3)cc(Nc3ccc4cnccc4n3)n2)CC1.